The Morgan fingerprint density at radius 1 is 1.05 bits per heavy atom. The predicted molar refractivity (Wildman–Crippen MR) is 149 cm³/mol. The molecule has 2 aliphatic rings. The summed E-state index contributed by atoms with van der Waals surface area (Å²) in [5, 5.41) is 18.0. The number of aliphatic hydroxyl groups is 1. The van der Waals surface area contributed by atoms with Crippen LogP contribution in [0.4, 0.5) is 17.6 Å². The summed E-state index contributed by atoms with van der Waals surface area (Å²) in [7, 11) is 0. The molecular formula is C27H32N8O2S. The Balaban J connectivity index is 1.29. The topological polar surface area (TPSA) is 121 Å². The summed E-state index contributed by atoms with van der Waals surface area (Å²) in [6.07, 6.45) is 5.48. The first-order chi connectivity index (χ1) is 18.4. The highest BCUT2D eigenvalue weighted by atomic mass is 32.1. The third-order valence-electron chi connectivity index (χ3n) is 6.94. The van der Waals surface area contributed by atoms with Gasteiger partial charge in [0.1, 0.15) is 22.2 Å². The third kappa shape index (κ3) is 5.46. The average molecular weight is 533 g/mol. The summed E-state index contributed by atoms with van der Waals surface area (Å²) in [4.78, 5) is 25.9. The fourth-order valence-corrected chi connectivity index (χ4v) is 5.69. The molecule has 0 aromatic carbocycles. The maximum atomic E-state index is 10.4. The highest BCUT2D eigenvalue weighted by Crippen LogP contribution is 2.33. The highest BCUT2D eigenvalue weighted by molar-refractivity contribution is 7.21. The maximum absolute atomic E-state index is 10.4. The van der Waals surface area contributed by atoms with E-state index in [-0.39, 0.29) is 0 Å². The highest BCUT2D eigenvalue weighted by Gasteiger charge is 2.22. The SMILES string of the molecule is CC(C)(O)c1cc(-c2nc3cc(Nc4cc(C5CCOCC5)nc(N5CCNCC5)n4)ncc3s2)ccn1. The fraction of sp³-hybridized carbons (Fsp3) is 0.444. The molecule has 198 valence electrons. The number of hydrogen-bond acceptors (Lipinski definition) is 11. The first-order valence-electron chi connectivity index (χ1n) is 13.1. The van der Waals surface area contributed by atoms with E-state index in [0.29, 0.717) is 17.4 Å². The van der Waals surface area contributed by atoms with E-state index >= 15 is 0 Å². The summed E-state index contributed by atoms with van der Waals surface area (Å²) < 4.78 is 6.57. The molecule has 10 nitrogen and oxygen atoms in total. The van der Waals surface area contributed by atoms with Gasteiger partial charge in [0, 0.05) is 75.4 Å². The lowest BCUT2D eigenvalue weighted by Crippen LogP contribution is -2.44. The summed E-state index contributed by atoms with van der Waals surface area (Å²) >= 11 is 1.57. The van der Waals surface area contributed by atoms with E-state index in [2.05, 4.69) is 31.6 Å². The Morgan fingerprint density at radius 2 is 1.87 bits per heavy atom. The molecule has 0 unspecified atom stereocenters. The Hall–Kier alpha value is -3.25. The molecule has 0 radical (unpaired) electrons. The molecule has 2 fully saturated rings. The summed E-state index contributed by atoms with van der Waals surface area (Å²) in [6, 6.07) is 7.81. The lowest BCUT2D eigenvalue weighted by Gasteiger charge is -2.29. The summed E-state index contributed by atoms with van der Waals surface area (Å²) in [6.45, 7) is 8.60. The number of anilines is 3. The van der Waals surface area contributed by atoms with E-state index in [9.17, 15) is 5.11 Å². The first kappa shape index (κ1) is 25.1. The normalized spacial score (nSPS) is 17.2. The van der Waals surface area contributed by atoms with Crippen molar-refractivity contribution in [2.75, 3.05) is 49.6 Å². The Labute approximate surface area is 225 Å². The van der Waals surface area contributed by atoms with Crippen molar-refractivity contribution in [3.63, 3.8) is 0 Å². The van der Waals surface area contributed by atoms with Crippen LogP contribution in [0.2, 0.25) is 0 Å². The monoisotopic (exact) mass is 532 g/mol. The number of fused-ring (bicyclic) bond motifs is 1. The van der Waals surface area contributed by atoms with Crippen molar-refractivity contribution in [1.29, 1.82) is 0 Å². The quantitative estimate of drug-likeness (QED) is 0.338. The molecule has 0 amide bonds. The maximum Gasteiger partial charge on any atom is 0.227 e. The van der Waals surface area contributed by atoms with Crippen LogP contribution in [-0.2, 0) is 10.3 Å². The van der Waals surface area contributed by atoms with Crippen molar-refractivity contribution in [2.24, 2.45) is 0 Å². The molecule has 4 aromatic heterocycles. The molecule has 0 bridgehead atoms. The molecule has 0 saturated carbocycles. The standard InChI is InChI=1S/C27H32N8O2S/c1-27(2,36)22-13-18(3-6-29-22)25-31-20-15-23(30-16-21(20)38-25)33-24-14-19(17-4-11-37-12-5-17)32-26(34-24)35-9-7-28-8-10-35/h3,6,13-17,28,36H,4-5,7-12H2,1-2H3,(H,30,32,33,34). The largest absolute Gasteiger partial charge is 0.384 e. The number of hydrogen-bond donors (Lipinski definition) is 3. The minimum Gasteiger partial charge on any atom is -0.384 e. The van der Waals surface area contributed by atoms with Crippen molar-refractivity contribution in [2.45, 2.75) is 38.2 Å². The minimum absolute atomic E-state index is 0.361. The number of piperazine rings is 1. The third-order valence-corrected chi connectivity index (χ3v) is 7.99. The van der Waals surface area contributed by atoms with Gasteiger partial charge >= 0.3 is 0 Å². The molecule has 38 heavy (non-hydrogen) atoms. The molecule has 0 aliphatic carbocycles. The van der Waals surface area contributed by atoms with Gasteiger partial charge in [-0.2, -0.15) is 4.98 Å². The van der Waals surface area contributed by atoms with Crippen molar-refractivity contribution in [1.82, 2.24) is 30.2 Å². The van der Waals surface area contributed by atoms with Gasteiger partial charge in [-0.05, 0) is 38.8 Å². The van der Waals surface area contributed by atoms with Crippen molar-refractivity contribution >= 4 is 39.1 Å². The number of nitrogens with one attached hydrogen (secondary N) is 2. The number of rotatable bonds is 6. The van der Waals surface area contributed by atoms with E-state index in [4.69, 9.17) is 19.7 Å². The van der Waals surface area contributed by atoms with E-state index < -0.39 is 5.60 Å². The van der Waals surface area contributed by atoms with Crippen LogP contribution in [0.3, 0.4) is 0 Å². The lowest BCUT2D eigenvalue weighted by molar-refractivity contribution is 0.0739. The smallest absolute Gasteiger partial charge is 0.227 e. The Morgan fingerprint density at radius 3 is 2.66 bits per heavy atom. The van der Waals surface area contributed by atoms with Crippen LogP contribution in [0.15, 0.2) is 36.7 Å². The Kier molecular flexibility index (Phi) is 6.91. The van der Waals surface area contributed by atoms with Crippen LogP contribution in [0.1, 0.15) is 44.0 Å². The van der Waals surface area contributed by atoms with Gasteiger partial charge in [-0.3, -0.25) is 4.98 Å². The van der Waals surface area contributed by atoms with Gasteiger partial charge in [0.05, 0.1) is 21.6 Å². The summed E-state index contributed by atoms with van der Waals surface area (Å²) in [5.74, 6) is 2.54. The van der Waals surface area contributed by atoms with Crippen molar-refractivity contribution in [3.05, 3.63) is 48.0 Å². The predicted octanol–water partition coefficient (Wildman–Crippen LogP) is 3.82. The van der Waals surface area contributed by atoms with Crippen LogP contribution in [0, 0.1) is 0 Å². The molecule has 4 aromatic rings. The molecule has 0 atom stereocenters. The van der Waals surface area contributed by atoms with Gasteiger partial charge in [-0.1, -0.05) is 0 Å². The minimum atomic E-state index is -1.02. The number of ether oxygens (including phenoxy) is 1. The van der Waals surface area contributed by atoms with Gasteiger partial charge in [-0.15, -0.1) is 11.3 Å². The first-order valence-corrected chi connectivity index (χ1v) is 13.9. The van der Waals surface area contributed by atoms with Crippen molar-refractivity contribution < 1.29 is 9.84 Å². The zero-order valence-corrected chi connectivity index (χ0v) is 22.5. The van der Waals surface area contributed by atoms with E-state index in [1.165, 1.54) is 0 Å². The zero-order valence-electron chi connectivity index (χ0n) is 21.6. The van der Waals surface area contributed by atoms with Crippen LogP contribution in [0.25, 0.3) is 20.8 Å². The molecule has 6 heterocycles. The summed E-state index contributed by atoms with van der Waals surface area (Å²) in [5.41, 5.74) is 2.42. The van der Waals surface area contributed by atoms with Gasteiger partial charge in [-0.25, -0.2) is 15.0 Å². The number of nitrogens with zero attached hydrogens (tertiary/aromatic N) is 6. The molecule has 11 heteroatoms. The zero-order chi connectivity index (χ0) is 26.1. The number of aromatic nitrogens is 5. The van der Waals surface area contributed by atoms with E-state index in [1.54, 1.807) is 31.4 Å². The molecule has 0 spiro atoms. The van der Waals surface area contributed by atoms with Gasteiger partial charge in [0.25, 0.3) is 0 Å². The van der Waals surface area contributed by atoms with Crippen LogP contribution >= 0.6 is 11.3 Å². The fourth-order valence-electron chi connectivity index (χ4n) is 4.78. The van der Waals surface area contributed by atoms with Gasteiger partial charge < -0.3 is 25.4 Å². The lowest BCUT2D eigenvalue weighted by atomic mass is 9.96. The number of thiazole rings is 1. The van der Waals surface area contributed by atoms with E-state index in [0.717, 1.165) is 90.5 Å². The van der Waals surface area contributed by atoms with E-state index in [1.807, 2.05) is 24.4 Å². The van der Waals surface area contributed by atoms with Crippen molar-refractivity contribution in [3.8, 4) is 10.6 Å². The van der Waals surface area contributed by atoms with Gasteiger partial charge in [0.15, 0.2) is 0 Å². The van der Waals surface area contributed by atoms with Gasteiger partial charge in [0.2, 0.25) is 5.95 Å². The van der Waals surface area contributed by atoms with Crippen LogP contribution < -0.4 is 15.5 Å². The molecule has 2 saturated heterocycles. The number of pyridine rings is 2. The second-order valence-corrected chi connectivity index (χ2v) is 11.3. The molecule has 2 aliphatic heterocycles. The molecule has 3 N–H and O–H groups in total. The average Bonchev–Trinajstić information content (AvgIpc) is 3.37. The molecule has 6 rings (SSSR count). The van der Waals surface area contributed by atoms with Crippen LogP contribution in [0.5, 0.6) is 0 Å². The van der Waals surface area contributed by atoms with Crippen LogP contribution in [-0.4, -0.2) is 69.4 Å². The second-order valence-electron chi connectivity index (χ2n) is 10.3. The second kappa shape index (κ2) is 10.5. The molecular weight excluding hydrogens is 500 g/mol. The Bertz CT molecular complexity index is 1390.